The van der Waals surface area contributed by atoms with Crippen molar-refractivity contribution in [2.24, 2.45) is 0 Å². The molecule has 3 rings (SSSR count). The van der Waals surface area contributed by atoms with E-state index in [0.29, 0.717) is 0 Å². The van der Waals surface area contributed by atoms with Gasteiger partial charge in [0.15, 0.2) is 0 Å². The summed E-state index contributed by atoms with van der Waals surface area (Å²) in [6.07, 6.45) is 22.5. The first-order chi connectivity index (χ1) is 7.50. The fraction of sp³-hybridized carbons (Fsp3) is 1.00. The Morgan fingerprint density at radius 2 is 0.250 bits per heavy atom. The minimum atomic E-state index is 0. The minimum absolute atomic E-state index is 0. The van der Waals surface area contributed by atoms with E-state index >= 15 is 0 Å². The third kappa shape index (κ3) is 11.8. The molecule has 16 heavy (non-hydrogen) atoms. The molecule has 0 aliphatic heterocycles. The van der Waals surface area contributed by atoms with E-state index in [1.165, 1.54) is 96.3 Å². The normalized spacial score (nSPS) is 22.5. The molecule has 0 aromatic heterocycles. The minimum Gasteiger partial charge on any atom is -0.0533 e. The Kier molecular flexibility index (Phi) is 15.6. The van der Waals surface area contributed by atoms with E-state index in [0.717, 1.165) is 0 Å². The van der Waals surface area contributed by atoms with E-state index in [2.05, 4.69) is 0 Å². The van der Waals surface area contributed by atoms with Crippen LogP contribution in [0.25, 0.3) is 0 Å². The van der Waals surface area contributed by atoms with Crippen LogP contribution >= 0.6 is 0 Å². The quantitative estimate of drug-likeness (QED) is 0.503. The third-order valence-corrected chi connectivity index (χ3v) is 3.75. The van der Waals surface area contributed by atoms with Crippen molar-refractivity contribution in [2.75, 3.05) is 0 Å². The van der Waals surface area contributed by atoms with Gasteiger partial charge in [0.05, 0.1) is 0 Å². The van der Waals surface area contributed by atoms with Crippen LogP contribution in [0.1, 0.15) is 96.3 Å². The van der Waals surface area contributed by atoms with Crippen molar-refractivity contribution < 1.29 is 39.9 Å². The summed E-state index contributed by atoms with van der Waals surface area (Å²) in [6, 6.07) is 0. The Morgan fingerprint density at radius 1 is 0.188 bits per heavy atom. The molecule has 0 nitrogen and oxygen atoms in total. The van der Waals surface area contributed by atoms with Crippen LogP contribution in [0.3, 0.4) is 0 Å². The monoisotopic (exact) mass is 368 g/mol. The Morgan fingerprint density at radius 3 is 0.312 bits per heavy atom. The summed E-state index contributed by atoms with van der Waals surface area (Å²) >= 11 is 0. The van der Waals surface area contributed by atoms with Crippen molar-refractivity contribution in [3.8, 4) is 0 Å². The largest absolute Gasteiger partial charge is 0.0533 e. The maximum atomic E-state index is 1.50. The van der Waals surface area contributed by atoms with Gasteiger partial charge in [-0.05, 0) is 0 Å². The molecule has 0 radical (unpaired) electrons. The van der Waals surface area contributed by atoms with Crippen LogP contribution in [0, 0.1) is 39.9 Å². The standard InChI is InChI=1S/3C5H10.Gd/c3*1-2-4-5-3-1;/h3*1-5H2;. The molecule has 3 fully saturated rings. The number of hydrogen-bond donors (Lipinski definition) is 0. The van der Waals surface area contributed by atoms with Crippen LogP contribution in [-0.4, -0.2) is 0 Å². The summed E-state index contributed by atoms with van der Waals surface area (Å²) < 4.78 is 0. The van der Waals surface area contributed by atoms with Crippen LogP contribution in [0.5, 0.6) is 0 Å². The summed E-state index contributed by atoms with van der Waals surface area (Å²) in [5.41, 5.74) is 0. The predicted molar refractivity (Wildman–Crippen MR) is 69.3 cm³/mol. The van der Waals surface area contributed by atoms with Crippen molar-refractivity contribution in [3.05, 3.63) is 0 Å². The van der Waals surface area contributed by atoms with E-state index in [4.69, 9.17) is 0 Å². The SMILES string of the molecule is C1CCCC1.C1CCCC1.C1CCCC1.[Gd]. The van der Waals surface area contributed by atoms with Gasteiger partial charge in [0.25, 0.3) is 0 Å². The van der Waals surface area contributed by atoms with Gasteiger partial charge >= 0.3 is 0 Å². The van der Waals surface area contributed by atoms with Gasteiger partial charge in [-0.15, -0.1) is 0 Å². The molecular weight excluding hydrogens is 337 g/mol. The third-order valence-electron chi connectivity index (χ3n) is 3.75. The topological polar surface area (TPSA) is 0 Å². The van der Waals surface area contributed by atoms with Gasteiger partial charge in [0, 0.05) is 39.9 Å². The van der Waals surface area contributed by atoms with E-state index in [9.17, 15) is 0 Å². The predicted octanol–water partition coefficient (Wildman–Crippen LogP) is 5.85. The average molecular weight is 368 g/mol. The zero-order valence-corrected chi connectivity index (χ0v) is 13.2. The molecule has 0 aromatic carbocycles. The second-order valence-corrected chi connectivity index (χ2v) is 5.30. The molecular formula is C15H30Gd. The Balaban J connectivity index is 0.000000205. The van der Waals surface area contributed by atoms with E-state index in [1.807, 2.05) is 0 Å². The molecule has 1 heteroatoms. The summed E-state index contributed by atoms with van der Waals surface area (Å²) in [7, 11) is 0. The second-order valence-electron chi connectivity index (χ2n) is 5.30. The molecule has 3 aliphatic rings. The van der Waals surface area contributed by atoms with Gasteiger partial charge in [0.1, 0.15) is 0 Å². The van der Waals surface area contributed by atoms with Crippen LogP contribution in [0.2, 0.25) is 0 Å². The molecule has 3 aliphatic carbocycles. The maximum absolute atomic E-state index is 1.50. The van der Waals surface area contributed by atoms with Crippen LogP contribution < -0.4 is 0 Å². The molecule has 0 bridgehead atoms. The summed E-state index contributed by atoms with van der Waals surface area (Å²) in [6.45, 7) is 0. The molecule has 0 saturated heterocycles. The van der Waals surface area contributed by atoms with Gasteiger partial charge in [-0.1, -0.05) is 96.3 Å². The summed E-state index contributed by atoms with van der Waals surface area (Å²) in [4.78, 5) is 0. The van der Waals surface area contributed by atoms with E-state index in [1.54, 1.807) is 0 Å². The Labute approximate surface area is 135 Å². The first kappa shape index (κ1) is 17.3. The van der Waals surface area contributed by atoms with Crippen molar-refractivity contribution >= 4 is 0 Å². The van der Waals surface area contributed by atoms with Crippen molar-refractivity contribution in [1.82, 2.24) is 0 Å². The van der Waals surface area contributed by atoms with Crippen LogP contribution in [0.4, 0.5) is 0 Å². The first-order valence-electron chi connectivity index (χ1n) is 7.50. The number of hydrogen-bond acceptors (Lipinski definition) is 0. The molecule has 0 aromatic rings. The molecule has 0 N–H and O–H groups in total. The van der Waals surface area contributed by atoms with Crippen molar-refractivity contribution in [2.45, 2.75) is 96.3 Å². The molecule has 3 saturated carbocycles. The molecule has 0 unspecified atom stereocenters. The van der Waals surface area contributed by atoms with Crippen LogP contribution in [-0.2, 0) is 0 Å². The first-order valence-corrected chi connectivity index (χ1v) is 7.50. The molecule has 0 atom stereocenters. The van der Waals surface area contributed by atoms with Crippen molar-refractivity contribution in [3.63, 3.8) is 0 Å². The van der Waals surface area contributed by atoms with Gasteiger partial charge in [-0.25, -0.2) is 0 Å². The smallest absolute Gasteiger partial charge is 0 e. The van der Waals surface area contributed by atoms with Crippen molar-refractivity contribution in [1.29, 1.82) is 0 Å². The molecule has 98 valence electrons. The molecule has 0 heterocycles. The molecule has 0 spiro atoms. The van der Waals surface area contributed by atoms with Gasteiger partial charge in [-0.3, -0.25) is 0 Å². The summed E-state index contributed by atoms with van der Waals surface area (Å²) in [5, 5.41) is 0. The Hall–Kier alpha value is 1.32. The van der Waals surface area contributed by atoms with E-state index < -0.39 is 0 Å². The Bertz CT molecular complexity index is 64.0. The fourth-order valence-corrected chi connectivity index (χ4v) is 2.65. The van der Waals surface area contributed by atoms with Gasteiger partial charge < -0.3 is 0 Å². The molecule has 0 amide bonds. The fourth-order valence-electron chi connectivity index (χ4n) is 2.65. The second kappa shape index (κ2) is 14.4. The number of rotatable bonds is 0. The van der Waals surface area contributed by atoms with Gasteiger partial charge in [0.2, 0.25) is 0 Å². The summed E-state index contributed by atoms with van der Waals surface area (Å²) in [5.74, 6) is 0. The maximum Gasteiger partial charge on any atom is 0 e. The van der Waals surface area contributed by atoms with Gasteiger partial charge in [-0.2, -0.15) is 0 Å². The zero-order valence-electron chi connectivity index (χ0n) is 11.0. The zero-order chi connectivity index (χ0) is 10.6. The van der Waals surface area contributed by atoms with Crippen LogP contribution in [0.15, 0.2) is 0 Å². The average Bonchev–Trinajstić information content (AvgIpc) is 3.09. The van der Waals surface area contributed by atoms with E-state index in [-0.39, 0.29) is 39.9 Å².